The Morgan fingerprint density at radius 2 is 1.00 bits per heavy atom. The van der Waals surface area contributed by atoms with Crippen LogP contribution < -0.4 is 26.6 Å². The van der Waals surface area contributed by atoms with Gasteiger partial charge in [-0.25, -0.2) is 9.59 Å². The fourth-order valence-corrected chi connectivity index (χ4v) is 5.03. The average Bonchev–Trinajstić information content (AvgIpc) is 3.00. The highest BCUT2D eigenvalue weighted by molar-refractivity contribution is 5.96. The van der Waals surface area contributed by atoms with E-state index in [2.05, 4.69) is 26.6 Å². The molecule has 0 aromatic heterocycles. The first-order valence-corrected chi connectivity index (χ1v) is 17.2. The van der Waals surface area contributed by atoms with Crippen molar-refractivity contribution in [1.82, 2.24) is 26.6 Å². The lowest BCUT2D eigenvalue weighted by atomic mass is 9.99. The topological polar surface area (TPSA) is 201 Å². The van der Waals surface area contributed by atoms with Crippen molar-refractivity contribution in [1.29, 1.82) is 0 Å². The molecule has 0 aliphatic carbocycles. The van der Waals surface area contributed by atoms with Gasteiger partial charge in [0.1, 0.15) is 35.8 Å². The number of ether oxygens (including phenoxy) is 2. The van der Waals surface area contributed by atoms with Crippen LogP contribution in [0.2, 0.25) is 0 Å². The first-order chi connectivity index (χ1) is 23.3. The van der Waals surface area contributed by atoms with Crippen molar-refractivity contribution in [3.63, 3.8) is 0 Å². The standard InChI is InChI=1S/C36H59N5O9/c1-21(2)16-25(30(43)39-28(34(47)49-10)19-24-14-12-11-13-15-24)38-33(46)29(20-42)40-31(44)26(17-22(3)4)37-32(45)27(18-23(5)6)41-35(48)50-36(7,8)9/h11-15,21-23,25-29,42H,16-20H2,1-10H3,(H,37,45)(H,38,46)(H,39,43)(H,40,44)(H,41,48)/t25-,26-,27-,28-,29+/m0/s1. The fourth-order valence-electron chi connectivity index (χ4n) is 5.03. The van der Waals surface area contributed by atoms with Gasteiger partial charge >= 0.3 is 12.1 Å². The molecule has 0 saturated carbocycles. The Morgan fingerprint density at radius 3 is 1.38 bits per heavy atom. The molecule has 0 radical (unpaired) electrons. The predicted molar refractivity (Wildman–Crippen MR) is 188 cm³/mol. The number of nitrogens with one attached hydrogen (secondary N) is 5. The molecule has 0 unspecified atom stereocenters. The summed E-state index contributed by atoms with van der Waals surface area (Å²) >= 11 is 0. The van der Waals surface area contributed by atoms with Crippen LogP contribution in [-0.4, -0.2) is 90.3 Å². The molecule has 50 heavy (non-hydrogen) atoms. The minimum Gasteiger partial charge on any atom is -0.467 e. The van der Waals surface area contributed by atoms with Crippen molar-refractivity contribution in [3.05, 3.63) is 35.9 Å². The highest BCUT2D eigenvalue weighted by atomic mass is 16.6. The molecule has 1 aromatic carbocycles. The second-order valence-corrected chi connectivity index (χ2v) is 14.7. The van der Waals surface area contributed by atoms with Gasteiger partial charge in [0, 0.05) is 6.42 Å². The highest BCUT2D eigenvalue weighted by Gasteiger charge is 2.33. The lowest BCUT2D eigenvalue weighted by Crippen LogP contribution is -2.60. The SMILES string of the molecule is COC(=O)[C@H](Cc1ccccc1)NC(=O)[C@H](CC(C)C)NC(=O)[C@@H](CO)NC(=O)[C@H](CC(C)C)NC(=O)[C@H](CC(C)C)NC(=O)OC(C)(C)C. The van der Waals surface area contributed by atoms with Crippen LogP contribution in [-0.2, 0) is 39.9 Å². The van der Waals surface area contributed by atoms with Crippen LogP contribution in [0.5, 0.6) is 0 Å². The van der Waals surface area contributed by atoms with Crippen LogP contribution in [0.15, 0.2) is 30.3 Å². The quantitative estimate of drug-likeness (QED) is 0.117. The summed E-state index contributed by atoms with van der Waals surface area (Å²) < 4.78 is 10.2. The lowest BCUT2D eigenvalue weighted by molar-refractivity contribution is -0.145. The molecule has 0 aliphatic rings. The van der Waals surface area contributed by atoms with E-state index in [0.29, 0.717) is 0 Å². The fraction of sp³-hybridized carbons (Fsp3) is 0.667. The van der Waals surface area contributed by atoms with Gasteiger partial charge in [0.15, 0.2) is 0 Å². The molecule has 0 bridgehead atoms. The predicted octanol–water partition coefficient (Wildman–Crippen LogP) is 2.37. The highest BCUT2D eigenvalue weighted by Crippen LogP contribution is 2.13. The van der Waals surface area contributed by atoms with E-state index >= 15 is 0 Å². The van der Waals surface area contributed by atoms with E-state index in [1.54, 1.807) is 45.0 Å². The number of alkyl carbamates (subject to hydrolysis) is 1. The summed E-state index contributed by atoms with van der Waals surface area (Å²) in [6.07, 6.45) is 0.0252. The number of hydrogen-bond acceptors (Lipinski definition) is 9. The summed E-state index contributed by atoms with van der Waals surface area (Å²) in [5.41, 5.74) is -0.00180. The van der Waals surface area contributed by atoms with E-state index in [1.165, 1.54) is 7.11 Å². The molecule has 0 aliphatic heterocycles. The van der Waals surface area contributed by atoms with Crippen LogP contribution in [0.4, 0.5) is 4.79 Å². The maximum absolute atomic E-state index is 13.5. The number of carbonyl (C=O) groups is 6. The summed E-state index contributed by atoms with van der Waals surface area (Å²) in [5.74, 6) is -3.59. The third-order valence-electron chi connectivity index (χ3n) is 7.30. The Balaban J connectivity index is 3.13. The molecular weight excluding hydrogens is 646 g/mol. The van der Waals surface area contributed by atoms with E-state index in [-0.39, 0.29) is 43.4 Å². The number of amides is 5. The smallest absolute Gasteiger partial charge is 0.408 e. The summed E-state index contributed by atoms with van der Waals surface area (Å²) in [5, 5.41) is 23.2. The molecular formula is C36H59N5O9. The molecule has 0 fully saturated rings. The van der Waals surface area contributed by atoms with Crippen LogP contribution in [0.25, 0.3) is 0 Å². The largest absolute Gasteiger partial charge is 0.467 e. The van der Waals surface area contributed by atoms with Gasteiger partial charge in [0.25, 0.3) is 0 Å². The van der Waals surface area contributed by atoms with Crippen LogP contribution in [0, 0.1) is 17.8 Å². The minimum absolute atomic E-state index is 0.0118. The zero-order valence-corrected chi connectivity index (χ0v) is 31.3. The van der Waals surface area contributed by atoms with Crippen molar-refractivity contribution in [3.8, 4) is 0 Å². The number of aliphatic hydroxyl groups is 1. The molecule has 0 heterocycles. The van der Waals surface area contributed by atoms with Crippen molar-refractivity contribution in [2.24, 2.45) is 17.8 Å². The number of esters is 1. The second kappa shape index (κ2) is 21.1. The molecule has 5 atom stereocenters. The van der Waals surface area contributed by atoms with E-state index in [0.717, 1.165) is 5.56 Å². The van der Waals surface area contributed by atoms with Crippen molar-refractivity contribution < 1.29 is 43.3 Å². The number of aliphatic hydroxyl groups excluding tert-OH is 1. The van der Waals surface area contributed by atoms with Gasteiger partial charge in [0.05, 0.1) is 13.7 Å². The molecule has 282 valence electrons. The van der Waals surface area contributed by atoms with E-state index in [9.17, 15) is 33.9 Å². The minimum atomic E-state index is -1.47. The van der Waals surface area contributed by atoms with Crippen molar-refractivity contribution in [2.45, 2.75) is 124 Å². The molecule has 0 spiro atoms. The molecule has 6 N–H and O–H groups in total. The molecule has 0 saturated heterocycles. The average molecular weight is 706 g/mol. The Labute approximate surface area is 296 Å². The number of benzene rings is 1. The van der Waals surface area contributed by atoms with Crippen molar-refractivity contribution in [2.75, 3.05) is 13.7 Å². The molecule has 1 rings (SSSR count). The van der Waals surface area contributed by atoms with Gasteiger partial charge in [-0.2, -0.15) is 0 Å². The van der Waals surface area contributed by atoms with E-state index in [4.69, 9.17) is 9.47 Å². The zero-order valence-electron chi connectivity index (χ0n) is 31.3. The van der Waals surface area contributed by atoms with Gasteiger partial charge in [-0.3, -0.25) is 19.2 Å². The van der Waals surface area contributed by atoms with Gasteiger partial charge < -0.3 is 41.2 Å². The Hall–Kier alpha value is -4.20. The molecule has 1 aromatic rings. The number of rotatable bonds is 19. The maximum atomic E-state index is 13.5. The summed E-state index contributed by atoms with van der Waals surface area (Å²) in [4.78, 5) is 78.8. The number of hydrogen-bond donors (Lipinski definition) is 6. The first-order valence-electron chi connectivity index (χ1n) is 17.2. The van der Waals surface area contributed by atoms with Crippen LogP contribution in [0.3, 0.4) is 0 Å². The normalized spacial score (nSPS) is 14.5. The molecule has 5 amide bonds. The second-order valence-electron chi connectivity index (χ2n) is 14.7. The van der Waals surface area contributed by atoms with Crippen LogP contribution in [0.1, 0.15) is 87.1 Å². The lowest BCUT2D eigenvalue weighted by Gasteiger charge is -2.28. The van der Waals surface area contributed by atoms with Crippen molar-refractivity contribution >= 4 is 35.7 Å². The summed E-state index contributed by atoms with van der Waals surface area (Å²) in [7, 11) is 1.21. The van der Waals surface area contributed by atoms with Gasteiger partial charge in [0.2, 0.25) is 23.6 Å². The van der Waals surface area contributed by atoms with Gasteiger partial charge in [-0.15, -0.1) is 0 Å². The Bertz CT molecular complexity index is 1260. The summed E-state index contributed by atoms with van der Waals surface area (Å²) in [6, 6.07) is 3.32. The number of carbonyl (C=O) groups excluding carboxylic acids is 6. The maximum Gasteiger partial charge on any atom is 0.408 e. The van der Waals surface area contributed by atoms with Crippen LogP contribution >= 0.6 is 0 Å². The summed E-state index contributed by atoms with van der Waals surface area (Å²) in [6.45, 7) is 15.5. The monoisotopic (exact) mass is 705 g/mol. The molecule has 14 heteroatoms. The van der Waals surface area contributed by atoms with Gasteiger partial charge in [-0.05, 0) is 63.4 Å². The molecule has 14 nitrogen and oxygen atoms in total. The number of methoxy groups -OCH3 is 1. The van der Waals surface area contributed by atoms with E-state index in [1.807, 2.05) is 47.6 Å². The third-order valence-corrected chi connectivity index (χ3v) is 7.30. The zero-order chi connectivity index (χ0) is 38.2. The third kappa shape index (κ3) is 17.0. The Morgan fingerprint density at radius 1 is 0.620 bits per heavy atom. The van der Waals surface area contributed by atoms with E-state index < -0.39 is 78.1 Å². The first kappa shape index (κ1) is 43.8. The Kier molecular flexibility index (Phi) is 18.5. The van der Waals surface area contributed by atoms with Gasteiger partial charge in [-0.1, -0.05) is 71.9 Å².